The first kappa shape index (κ1) is 19.4. The molecule has 2 N–H and O–H groups in total. The molecule has 1 atom stereocenters. The molecule has 2 amide bonds. The van der Waals surface area contributed by atoms with Gasteiger partial charge in [0.05, 0.1) is 11.5 Å². The Morgan fingerprint density at radius 2 is 2.08 bits per heavy atom. The molecule has 1 aromatic carbocycles. The minimum atomic E-state index is -3.72. The van der Waals surface area contributed by atoms with Gasteiger partial charge in [-0.3, -0.25) is 9.59 Å². The topological polar surface area (TPSA) is 105 Å². The Kier molecular flexibility index (Phi) is 6.51. The van der Waals surface area contributed by atoms with Gasteiger partial charge in [-0.2, -0.15) is 0 Å². The van der Waals surface area contributed by atoms with E-state index in [1.165, 1.54) is 29.2 Å². The van der Waals surface area contributed by atoms with Gasteiger partial charge in [-0.05, 0) is 24.6 Å². The second-order valence-corrected chi connectivity index (χ2v) is 7.72. The van der Waals surface area contributed by atoms with Gasteiger partial charge in [0.25, 0.3) is 5.91 Å². The fourth-order valence-corrected chi connectivity index (χ4v) is 3.63. The lowest BCUT2D eigenvalue weighted by atomic mass is 10.2. The quantitative estimate of drug-likeness (QED) is 0.702. The number of rotatable bonds is 7. The number of nitrogens with zero attached hydrogens (tertiary/aromatic N) is 1. The Bertz CT molecular complexity index is 727. The summed E-state index contributed by atoms with van der Waals surface area (Å²) in [5.41, 5.74) is 0.225. The van der Waals surface area contributed by atoms with Crippen molar-refractivity contribution in [2.75, 3.05) is 33.9 Å². The van der Waals surface area contributed by atoms with Crippen molar-refractivity contribution in [1.82, 2.24) is 14.9 Å². The van der Waals surface area contributed by atoms with Gasteiger partial charge in [-0.25, -0.2) is 13.1 Å². The maximum Gasteiger partial charge on any atom is 0.251 e. The molecule has 0 aromatic heterocycles. The summed E-state index contributed by atoms with van der Waals surface area (Å²) in [4.78, 5) is 25.1. The molecule has 0 bridgehead atoms. The number of ether oxygens (including phenoxy) is 1. The predicted octanol–water partition coefficient (Wildman–Crippen LogP) is -0.0381. The molecule has 0 saturated carbocycles. The van der Waals surface area contributed by atoms with Crippen LogP contribution in [0.15, 0.2) is 29.2 Å². The molecule has 9 heteroatoms. The third kappa shape index (κ3) is 5.52. The minimum Gasteiger partial charge on any atom is -0.380 e. The summed E-state index contributed by atoms with van der Waals surface area (Å²) in [7, 11) is -0.436. The third-order valence-corrected chi connectivity index (χ3v) is 5.30. The molecule has 138 valence electrons. The van der Waals surface area contributed by atoms with Crippen LogP contribution >= 0.6 is 0 Å². The molecular formula is C16H23N3O5S. The zero-order chi connectivity index (χ0) is 18.4. The lowest BCUT2D eigenvalue weighted by Crippen LogP contribution is -2.35. The van der Waals surface area contributed by atoms with Crippen LogP contribution in [0.2, 0.25) is 0 Å². The number of hydrogen-bond acceptors (Lipinski definition) is 5. The van der Waals surface area contributed by atoms with Gasteiger partial charge >= 0.3 is 0 Å². The molecule has 8 nitrogen and oxygen atoms in total. The summed E-state index contributed by atoms with van der Waals surface area (Å²) >= 11 is 0. The van der Waals surface area contributed by atoms with Crippen molar-refractivity contribution in [2.45, 2.75) is 23.8 Å². The number of amides is 2. The van der Waals surface area contributed by atoms with Crippen LogP contribution in [0.4, 0.5) is 0 Å². The summed E-state index contributed by atoms with van der Waals surface area (Å²) < 4.78 is 32.5. The van der Waals surface area contributed by atoms with Crippen LogP contribution in [0.25, 0.3) is 0 Å². The van der Waals surface area contributed by atoms with Crippen molar-refractivity contribution in [3.63, 3.8) is 0 Å². The van der Waals surface area contributed by atoms with Gasteiger partial charge in [-0.15, -0.1) is 0 Å². The van der Waals surface area contributed by atoms with Crippen LogP contribution in [0.1, 0.15) is 23.2 Å². The summed E-state index contributed by atoms with van der Waals surface area (Å²) in [6.07, 6.45) is 0.805. The lowest BCUT2D eigenvalue weighted by Gasteiger charge is -2.13. The van der Waals surface area contributed by atoms with Gasteiger partial charge in [0, 0.05) is 45.3 Å². The molecule has 0 unspecified atom stereocenters. The molecule has 1 aliphatic heterocycles. The lowest BCUT2D eigenvalue weighted by molar-refractivity contribution is -0.128. The second kappa shape index (κ2) is 8.41. The molecular weight excluding hydrogens is 346 g/mol. The summed E-state index contributed by atoms with van der Waals surface area (Å²) in [6.45, 7) is 1.06. The van der Waals surface area contributed by atoms with Crippen molar-refractivity contribution in [3.8, 4) is 0 Å². The van der Waals surface area contributed by atoms with E-state index in [0.29, 0.717) is 19.6 Å². The highest BCUT2D eigenvalue weighted by Gasteiger charge is 2.24. The predicted molar refractivity (Wildman–Crippen MR) is 91.6 cm³/mol. The molecule has 25 heavy (non-hydrogen) atoms. The molecule has 0 radical (unpaired) electrons. The number of benzene rings is 1. The summed E-state index contributed by atoms with van der Waals surface area (Å²) in [5.74, 6) is -0.521. The minimum absolute atomic E-state index is 0.0245. The number of nitrogens with one attached hydrogen (secondary N) is 2. The molecule has 0 aliphatic carbocycles. The van der Waals surface area contributed by atoms with E-state index in [1.807, 2.05) is 0 Å². The number of carbonyl (C=O) groups excluding carboxylic acids is 2. The van der Waals surface area contributed by atoms with E-state index < -0.39 is 15.9 Å². The van der Waals surface area contributed by atoms with Crippen LogP contribution < -0.4 is 10.0 Å². The molecule has 1 fully saturated rings. The standard InChI is InChI=1S/C16H23N3O5S/c1-19(2)15(20)6-8-17-16(21)12-4-3-5-14(10-12)25(22,23)18-13-7-9-24-11-13/h3-5,10,13,18H,6-9,11H2,1-2H3,(H,17,21)/t13-/m0/s1. The number of sulfonamides is 1. The number of hydrogen-bond donors (Lipinski definition) is 2. The van der Waals surface area contributed by atoms with Crippen molar-refractivity contribution in [3.05, 3.63) is 29.8 Å². The van der Waals surface area contributed by atoms with Crippen LogP contribution in [0.3, 0.4) is 0 Å². The average molecular weight is 369 g/mol. The summed E-state index contributed by atoms with van der Waals surface area (Å²) in [5, 5.41) is 2.61. The van der Waals surface area contributed by atoms with Crippen molar-refractivity contribution >= 4 is 21.8 Å². The van der Waals surface area contributed by atoms with E-state index >= 15 is 0 Å². The molecule has 1 aliphatic rings. The van der Waals surface area contributed by atoms with E-state index in [2.05, 4.69) is 10.0 Å². The van der Waals surface area contributed by atoms with E-state index in [4.69, 9.17) is 4.74 Å². The summed E-state index contributed by atoms with van der Waals surface area (Å²) in [6, 6.07) is 5.55. The highest BCUT2D eigenvalue weighted by atomic mass is 32.2. The zero-order valence-electron chi connectivity index (χ0n) is 14.3. The molecule has 0 spiro atoms. The molecule has 1 heterocycles. The molecule has 2 rings (SSSR count). The smallest absolute Gasteiger partial charge is 0.251 e. The zero-order valence-corrected chi connectivity index (χ0v) is 15.1. The van der Waals surface area contributed by atoms with E-state index in [0.717, 1.165) is 0 Å². The Hall–Kier alpha value is -1.97. The SMILES string of the molecule is CN(C)C(=O)CCNC(=O)c1cccc(S(=O)(=O)N[C@H]2CCOC2)c1. The van der Waals surface area contributed by atoms with E-state index in [-0.39, 0.29) is 35.4 Å². The van der Waals surface area contributed by atoms with Crippen molar-refractivity contribution in [1.29, 1.82) is 0 Å². The first-order valence-electron chi connectivity index (χ1n) is 7.98. The maximum absolute atomic E-state index is 12.4. The monoisotopic (exact) mass is 369 g/mol. The van der Waals surface area contributed by atoms with E-state index in [9.17, 15) is 18.0 Å². The van der Waals surface area contributed by atoms with Crippen LogP contribution in [0.5, 0.6) is 0 Å². The fraction of sp³-hybridized carbons (Fsp3) is 0.500. The van der Waals surface area contributed by atoms with Gasteiger partial charge in [0.15, 0.2) is 0 Å². The highest BCUT2D eigenvalue weighted by molar-refractivity contribution is 7.89. The normalized spacial score (nSPS) is 17.3. The van der Waals surface area contributed by atoms with Crippen LogP contribution in [0, 0.1) is 0 Å². The van der Waals surface area contributed by atoms with Crippen LogP contribution in [-0.4, -0.2) is 65.0 Å². The first-order chi connectivity index (χ1) is 11.8. The van der Waals surface area contributed by atoms with Gasteiger partial charge in [0.2, 0.25) is 15.9 Å². The Balaban J connectivity index is 1.99. The van der Waals surface area contributed by atoms with Gasteiger partial charge in [0.1, 0.15) is 0 Å². The van der Waals surface area contributed by atoms with Gasteiger partial charge < -0.3 is 15.0 Å². The van der Waals surface area contributed by atoms with Crippen molar-refractivity contribution < 1.29 is 22.7 Å². The largest absolute Gasteiger partial charge is 0.380 e. The highest BCUT2D eigenvalue weighted by Crippen LogP contribution is 2.14. The van der Waals surface area contributed by atoms with Crippen molar-refractivity contribution in [2.24, 2.45) is 0 Å². The van der Waals surface area contributed by atoms with Crippen LogP contribution in [-0.2, 0) is 19.6 Å². The fourth-order valence-electron chi connectivity index (χ4n) is 2.33. The van der Waals surface area contributed by atoms with Gasteiger partial charge in [-0.1, -0.05) is 6.07 Å². The second-order valence-electron chi connectivity index (χ2n) is 6.00. The van der Waals surface area contributed by atoms with E-state index in [1.54, 1.807) is 14.1 Å². The first-order valence-corrected chi connectivity index (χ1v) is 9.46. The number of carbonyl (C=O) groups is 2. The maximum atomic E-state index is 12.4. The molecule has 1 aromatic rings. The Morgan fingerprint density at radius 3 is 2.72 bits per heavy atom. The third-order valence-electron chi connectivity index (χ3n) is 3.78. The Morgan fingerprint density at radius 1 is 1.32 bits per heavy atom. The Labute approximate surface area is 147 Å². The molecule has 1 saturated heterocycles. The average Bonchev–Trinajstić information content (AvgIpc) is 3.06.